The van der Waals surface area contributed by atoms with Gasteiger partial charge in [0.15, 0.2) is 0 Å². The van der Waals surface area contributed by atoms with Gasteiger partial charge < -0.3 is 0 Å². The zero-order valence-corrected chi connectivity index (χ0v) is 13.5. The van der Waals surface area contributed by atoms with Crippen molar-refractivity contribution in [2.45, 2.75) is 6.54 Å². The largest absolute Gasteiger partial charge is 0.294 e. The number of aromatic nitrogens is 2. The Hall–Kier alpha value is -2.79. The first-order chi connectivity index (χ1) is 11.7. The Balaban J connectivity index is 1.76. The molecule has 0 atom stereocenters. The number of rotatable bonds is 3. The minimum atomic E-state index is -0.309. The van der Waals surface area contributed by atoms with E-state index in [4.69, 9.17) is 0 Å². The van der Waals surface area contributed by atoms with E-state index in [9.17, 15) is 9.18 Å². The lowest BCUT2D eigenvalue weighted by Gasteiger charge is -2.05. The minimum Gasteiger partial charge on any atom is -0.294 e. The fourth-order valence-corrected chi connectivity index (χ4v) is 3.64. The second-order valence-electron chi connectivity index (χ2n) is 5.50. The number of thiophene rings is 1. The van der Waals surface area contributed by atoms with Crippen molar-refractivity contribution < 1.29 is 4.39 Å². The van der Waals surface area contributed by atoms with Gasteiger partial charge in [0, 0.05) is 4.88 Å². The van der Waals surface area contributed by atoms with Crippen molar-refractivity contribution in [2.24, 2.45) is 0 Å². The smallest absolute Gasteiger partial charge is 0.262 e. The summed E-state index contributed by atoms with van der Waals surface area (Å²) in [5, 5.41) is 0.595. The number of hydrogen-bond acceptors (Lipinski definition) is 3. The molecule has 0 bridgehead atoms. The number of benzene rings is 2. The van der Waals surface area contributed by atoms with E-state index in [0.29, 0.717) is 16.8 Å². The van der Waals surface area contributed by atoms with Gasteiger partial charge in [0.05, 0.1) is 18.3 Å². The molecular formula is C19H13FN2OS. The van der Waals surface area contributed by atoms with E-state index in [-0.39, 0.29) is 11.4 Å². The molecule has 0 aliphatic heterocycles. The van der Waals surface area contributed by atoms with Crippen molar-refractivity contribution in [1.82, 2.24) is 9.55 Å². The molecule has 0 fully saturated rings. The van der Waals surface area contributed by atoms with Crippen molar-refractivity contribution >= 4 is 21.6 Å². The molecule has 0 aliphatic carbocycles. The van der Waals surface area contributed by atoms with E-state index in [1.807, 2.05) is 36.4 Å². The Morgan fingerprint density at radius 1 is 1.04 bits per heavy atom. The normalized spacial score (nSPS) is 11.0. The quantitative estimate of drug-likeness (QED) is 0.559. The zero-order chi connectivity index (χ0) is 16.5. The van der Waals surface area contributed by atoms with Crippen LogP contribution in [0.1, 0.15) is 5.56 Å². The lowest BCUT2D eigenvalue weighted by Crippen LogP contribution is -2.20. The standard InChI is InChI=1S/C19H13FN2OS/c20-15-8-4-5-13(9-15)11-22-12-21-18-16(19(22)23)10-17(24-18)14-6-2-1-3-7-14/h1-10,12H,11H2. The van der Waals surface area contributed by atoms with Gasteiger partial charge in [-0.1, -0.05) is 42.5 Å². The van der Waals surface area contributed by atoms with Crippen molar-refractivity contribution in [1.29, 1.82) is 0 Å². The summed E-state index contributed by atoms with van der Waals surface area (Å²) in [6.07, 6.45) is 1.53. The molecule has 118 valence electrons. The molecule has 3 nitrogen and oxygen atoms in total. The molecule has 24 heavy (non-hydrogen) atoms. The lowest BCUT2D eigenvalue weighted by atomic mass is 10.2. The maximum atomic E-state index is 13.3. The highest BCUT2D eigenvalue weighted by Crippen LogP contribution is 2.30. The first kappa shape index (κ1) is 14.8. The van der Waals surface area contributed by atoms with E-state index in [1.54, 1.807) is 12.1 Å². The Labute approximate surface area is 141 Å². The molecule has 5 heteroatoms. The third-order valence-corrected chi connectivity index (χ3v) is 4.91. The molecule has 2 aromatic heterocycles. The van der Waals surface area contributed by atoms with Gasteiger partial charge in [-0.05, 0) is 29.3 Å². The average Bonchev–Trinajstić information content (AvgIpc) is 3.03. The average molecular weight is 336 g/mol. The summed E-state index contributed by atoms with van der Waals surface area (Å²) in [7, 11) is 0. The summed E-state index contributed by atoms with van der Waals surface area (Å²) >= 11 is 1.50. The van der Waals surface area contributed by atoms with Crippen molar-refractivity contribution in [2.75, 3.05) is 0 Å². The summed E-state index contributed by atoms with van der Waals surface area (Å²) in [5.74, 6) is -0.309. The van der Waals surface area contributed by atoms with Crippen LogP contribution < -0.4 is 5.56 Å². The summed E-state index contributed by atoms with van der Waals surface area (Å²) in [6.45, 7) is 0.302. The van der Waals surface area contributed by atoms with Crippen LogP contribution in [0.5, 0.6) is 0 Å². The molecule has 4 rings (SSSR count). The molecule has 0 saturated carbocycles. The molecule has 0 saturated heterocycles. The summed E-state index contributed by atoms with van der Waals surface area (Å²) in [5.41, 5.74) is 1.69. The van der Waals surface area contributed by atoms with Crippen molar-refractivity contribution in [3.63, 3.8) is 0 Å². The number of fused-ring (bicyclic) bond motifs is 1. The van der Waals surface area contributed by atoms with E-state index < -0.39 is 0 Å². The van der Waals surface area contributed by atoms with Crippen LogP contribution in [-0.4, -0.2) is 9.55 Å². The molecule has 4 aromatic rings. The maximum Gasteiger partial charge on any atom is 0.262 e. The third kappa shape index (κ3) is 2.74. The SMILES string of the molecule is O=c1c2cc(-c3ccccc3)sc2ncn1Cc1cccc(F)c1. The molecule has 2 heterocycles. The van der Waals surface area contributed by atoms with Crippen LogP contribution in [-0.2, 0) is 6.54 Å². The van der Waals surface area contributed by atoms with Crippen LogP contribution in [0.3, 0.4) is 0 Å². The number of halogens is 1. The second-order valence-corrected chi connectivity index (χ2v) is 6.53. The number of nitrogens with zero attached hydrogens (tertiary/aromatic N) is 2. The highest BCUT2D eigenvalue weighted by Gasteiger charge is 2.10. The van der Waals surface area contributed by atoms with Crippen LogP contribution in [0, 0.1) is 5.82 Å². The van der Waals surface area contributed by atoms with Crippen molar-refractivity contribution in [3.8, 4) is 10.4 Å². The molecule has 0 radical (unpaired) electrons. The van der Waals surface area contributed by atoms with Crippen LogP contribution in [0.4, 0.5) is 4.39 Å². The lowest BCUT2D eigenvalue weighted by molar-refractivity contribution is 0.622. The van der Waals surface area contributed by atoms with E-state index in [0.717, 1.165) is 16.0 Å². The summed E-state index contributed by atoms with van der Waals surface area (Å²) in [6, 6.07) is 18.0. The van der Waals surface area contributed by atoms with Crippen LogP contribution in [0.2, 0.25) is 0 Å². The molecule has 0 aliphatic rings. The first-order valence-electron chi connectivity index (χ1n) is 7.49. The third-order valence-electron chi connectivity index (χ3n) is 3.82. The van der Waals surface area contributed by atoms with Gasteiger partial charge in [-0.25, -0.2) is 9.37 Å². The van der Waals surface area contributed by atoms with Crippen LogP contribution >= 0.6 is 11.3 Å². The van der Waals surface area contributed by atoms with Crippen molar-refractivity contribution in [3.05, 3.63) is 88.7 Å². The van der Waals surface area contributed by atoms with Gasteiger partial charge in [-0.2, -0.15) is 0 Å². The highest BCUT2D eigenvalue weighted by molar-refractivity contribution is 7.21. The predicted octanol–water partition coefficient (Wildman–Crippen LogP) is 4.31. The molecule has 2 aromatic carbocycles. The predicted molar refractivity (Wildman–Crippen MR) is 94.8 cm³/mol. The van der Waals surface area contributed by atoms with Gasteiger partial charge in [0.2, 0.25) is 0 Å². The Kier molecular flexibility index (Phi) is 3.70. The highest BCUT2D eigenvalue weighted by atomic mass is 32.1. The number of hydrogen-bond donors (Lipinski definition) is 0. The second kappa shape index (κ2) is 6.02. The van der Waals surface area contributed by atoms with E-state index in [1.165, 1.54) is 34.4 Å². The van der Waals surface area contributed by atoms with E-state index in [2.05, 4.69) is 4.98 Å². The van der Waals surface area contributed by atoms with E-state index >= 15 is 0 Å². The molecule has 0 spiro atoms. The van der Waals surface area contributed by atoms with Gasteiger partial charge >= 0.3 is 0 Å². The first-order valence-corrected chi connectivity index (χ1v) is 8.31. The van der Waals surface area contributed by atoms with Crippen LogP contribution in [0.15, 0.2) is 71.8 Å². The van der Waals surface area contributed by atoms with Gasteiger partial charge in [-0.3, -0.25) is 9.36 Å². The molecular weight excluding hydrogens is 323 g/mol. The fraction of sp³-hybridized carbons (Fsp3) is 0.0526. The Morgan fingerprint density at radius 2 is 1.88 bits per heavy atom. The Bertz CT molecular complexity index is 1070. The fourth-order valence-electron chi connectivity index (χ4n) is 2.65. The summed E-state index contributed by atoms with van der Waals surface area (Å²) in [4.78, 5) is 18.8. The Morgan fingerprint density at radius 3 is 2.67 bits per heavy atom. The van der Waals surface area contributed by atoms with Crippen LogP contribution in [0.25, 0.3) is 20.7 Å². The van der Waals surface area contributed by atoms with Gasteiger partial charge in [-0.15, -0.1) is 11.3 Å². The summed E-state index contributed by atoms with van der Waals surface area (Å²) < 4.78 is 14.8. The topological polar surface area (TPSA) is 34.9 Å². The monoisotopic (exact) mass is 336 g/mol. The zero-order valence-electron chi connectivity index (χ0n) is 12.6. The molecule has 0 unspecified atom stereocenters. The maximum absolute atomic E-state index is 13.3. The minimum absolute atomic E-state index is 0.109. The molecule has 0 N–H and O–H groups in total. The molecule has 0 amide bonds. The van der Waals surface area contributed by atoms with Gasteiger partial charge in [0.25, 0.3) is 5.56 Å². The van der Waals surface area contributed by atoms with Gasteiger partial charge in [0.1, 0.15) is 10.6 Å².